The first-order valence-corrected chi connectivity index (χ1v) is 5.49. The predicted octanol–water partition coefficient (Wildman–Crippen LogP) is 0.553. The SMILES string of the molecule is Cc1nc(NC(=O)[C@@H]2CC[C@H](C(=O)O)C2)n[nH]1. The summed E-state index contributed by atoms with van der Waals surface area (Å²) in [7, 11) is 0. The Bertz CT molecular complexity index is 443. The molecule has 0 spiro atoms. The van der Waals surface area contributed by atoms with Crippen LogP contribution in [0, 0.1) is 18.8 Å². The van der Waals surface area contributed by atoms with Gasteiger partial charge >= 0.3 is 5.97 Å². The van der Waals surface area contributed by atoms with Gasteiger partial charge in [0.1, 0.15) is 5.82 Å². The highest BCUT2D eigenvalue weighted by Gasteiger charge is 2.34. The average molecular weight is 238 g/mol. The molecule has 2 rings (SSSR count). The molecule has 0 radical (unpaired) electrons. The first-order valence-electron chi connectivity index (χ1n) is 5.49. The van der Waals surface area contributed by atoms with E-state index in [-0.39, 0.29) is 17.8 Å². The number of hydrogen-bond donors (Lipinski definition) is 3. The van der Waals surface area contributed by atoms with Crippen LogP contribution in [-0.2, 0) is 9.59 Å². The Kier molecular flexibility index (Phi) is 3.08. The molecule has 1 amide bonds. The summed E-state index contributed by atoms with van der Waals surface area (Å²) >= 11 is 0. The number of aromatic nitrogens is 3. The third-order valence-corrected chi connectivity index (χ3v) is 2.98. The predicted molar refractivity (Wildman–Crippen MR) is 58.2 cm³/mol. The quantitative estimate of drug-likeness (QED) is 0.712. The second-order valence-corrected chi connectivity index (χ2v) is 4.28. The van der Waals surface area contributed by atoms with Crippen LogP contribution in [0.3, 0.4) is 0 Å². The molecule has 0 saturated heterocycles. The lowest BCUT2D eigenvalue weighted by atomic mass is 10.0. The Morgan fingerprint density at radius 1 is 1.41 bits per heavy atom. The zero-order chi connectivity index (χ0) is 12.4. The molecule has 0 unspecified atom stereocenters. The molecule has 1 aromatic heterocycles. The lowest BCUT2D eigenvalue weighted by Crippen LogP contribution is -2.22. The summed E-state index contributed by atoms with van der Waals surface area (Å²) in [4.78, 5) is 26.5. The van der Waals surface area contributed by atoms with Gasteiger partial charge in [-0.15, -0.1) is 5.10 Å². The maximum absolute atomic E-state index is 11.8. The summed E-state index contributed by atoms with van der Waals surface area (Å²) in [6.45, 7) is 1.73. The van der Waals surface area contributed by atoms with Crippen molar-refractivity contribution in [3.05, 3.63) is 5.82 Å². The Hall–Kier alpha value is -1.92. The number of nitrogens with zero attached hydrogens (tertiary/aromatic N) is 2. The topological polar surface area (TPSA) is 108 Å². The van der Waals surface area contributed by atoms with Gasteiger partial charge in [-0.1, -0.05) is 0 Å². The van der Waals surface area contributed by atoms with Crippen LogP contribution < -0.4 is 5.32 Å². The van der Waals surface area contributed by atoms with Crippen molar-refractivity contribution >= 4 is 17.8 Å². The second kappa shape index (κ2) is 4.52. The van der Waals surface area contributed by atoms with E-state index in [2.05, 4.69) is 20.5 Å². The number of aromatic amines is 1. The van der Waals surface area contributed by atoms with Gasteiger partial charge in [-0.2, -0.15) is 4.98 Å². The van der Waals surface area contributed by atoms with Gasteiger partial charge in [0.25, 0.3) is 0 Å². The highest BCUT2D eigenvalue weighted by Crippen LogP contribution is 2.31. The minimum atomic E-state index is -0.825. The number of aryl methyl sites for hydroxylation is 1. The lowest BCUT2D eigenvalue weighted by Gasteiger charge is -2.07. The summed E-state index contributed by atoms with van der Waals surface area (Å²) in [5, 5.41) is 17.8. The summed E-state index contributed by atoms with van der Waals surface area (Å²) in [5.41, 5.74) is 0. The van der Waals surface area contributed by atoms with E-state index in [0.717, 1.165) is 0 Å². The van der Waals surface area contributed by atoms with Gasteiger partial charge in [-0.3, -0.25) is 20.0 Å². The molecule has 1 saturated carbocycles. The van der Waals surface area contributed by atoms with Crippen molar-refractivity contribution in [1.29, 1.82) is 0 Å². The first-order chi connectivity index (χ1) is 8.06. The number of carboxylic acids is 1. The number of hydrogen-bond acceptors (Lipinski definition) is 4. The molecule has 0 bridgehead atoms. The number of H-pyrrole nitrogens is 1. The Labute approximate surface area is 97.6 Å². The minimum absolute atomic E-state index is 0.201. The average Bonchev–Trinajstić information content (AvgIpc) is 2.86. The van der Waals surface area contributed by atoms with Gasteiger partial charge in [-0.05, 0) is 26.2 Å². The van der Waals surface area contributed by atoms with Crippen LogP contribution in [0.25, 0.3) is 0 Å². The summed E-state index contributed by atoms with van der Waals surface area (Å²) in [5.74, 6) is -0.822. The van der Waals surface area contributed by atoms with Crippen molar-refractivity contribution in [3.63, 3.8) is 0 Å². The third-order valence-electron chi connectivity index (χ3n) is 2.98. The van der Waals surface area contributed by atoms with E-state index in [9.17, 15) is 9.59 Å². The fraction of sp³-hybridized carbons (Fsp3) is 0.600. The van der Waals surface area contributed by atoms with E-state index < -0.39 is 11.9 Å². The van der Waals surface area contributed by atoms with E-state index in [1.54, 1.807) is 6.92 Å². The van der Waals surface area contributed by atoms with Crippen LogP contribution in [-0.4, -0.2) is 32.2 Å². The molecule has 92 valence electrons. The zero-order valence-corrected chi connectivity index (χ0v) is 9.43. The summed E-state index contributed by atoms with van der Waals surface area (Å²) < 4.78 is 0. The number of amides is 1. The van der Waals surface area contributed by atoms with Gasteiger partial charge < -0.3 is 5.11 Å². The van der Waals surface area contributed by atoms with Gasteiger partial charge in [-0.25, -0.2) is 0 Å². The third kappa shape index (κ3) is 2.61. The molecule has 2 atom stereocenters. The second-order valence-electron chi connectivity index (χ2n) is 4.28. The maximum Gasteiger partial charge on any atom is 0.306 e. The van der Waals surface area contributed by atoms with Crippen LogP contribution in [0.1, 0.15) is 25.1 Å². The number of rotatable bonds is 3. The fourth-order valence-corrected chi connectivity index (χ4v) is 2.05. The molecular formula is C10H14N4O3. The number of carbonyl (C=O) groups excluding carboxylic acids is 1. The van der Waals surface area contributed by atoms with E-state index in [1.165, 1.54) is 0 Å². The van der Waals surface area contributed by atoms with Crippen molar-refractivity contribution in [2.75, 3.05) is 5.32 Å². The largest absolute Gasteiger partial charge is 0.481 e. The van der Waals surface area contributed by atoms with Gasteiger partial charge in [0, 0.05) is 5.92 Å². The maximum atomic E-state index is 11.8. The van der Waals surface area contributed by atoms with Crippen molar-refractivity contribution in [3.8, 4) is 0 Å². The number of carboxylic acid groups (broad SMARTS) is 1. The molecule has 1 fully saturated rings. The molecular weight excluding hydrogens is 224 g/mol. The number of carbonyl (C=O) groups is 2. The molecule has 0 aromatic carbocycles. The van der Waals surface area contributed by atoms with Gasteiger partial charge in [0.05, 0.1) is 5.92 Å². The van der Waals surface area contributed by atoms with E-state index in [1.807, 2.05) is 0 Å². The molecule has 1 aliphatic carbocycles. The fourth-order valence-electron chi connectivity index (χ4n) is 2.05. The Morgan fingerprint density at radius 2 is 2.12 bits per heavy atom. The number of aliphatic carboxylic acids is 1. The van der Waals surface area contributed by atoms with Crippen LogP contribution in [0.2, 0.25) is 0 Å². The van der Waals surface area contributed by atoms with Crippen LogP contribution in [0.15, 0.2) is 0 Å². The highest BCUT2D eigenvalue weighted by molar-refractivity contribution is 5.91. The smallest absolute Gasteiger partial charge is 0.306 e. The minimum Gasteiger partial charge on any atom is -0.481 e. The van der Waals surface area contributed by atoms with Crippen LogP contribution in [0.4, 0.5) is 5.95 Å². The first kappa shape index (κ1) is 11.6. The normalized spacial score (nSPS) is 23.6. The monoisotopic (exact) mass is 238 g/mol. The molecule has 17 heavy (non-hydrogen) atoms. The molecule has 7 nitrogen and oxygen atoms in total. The van der Waals surface area contributed by atoms with Crippen LogP contribution in [0.5, 0.6) is 0 Å². The van der Waals surface area contributed by atoms with Crippen molar-refractivity contribution in [1.82, 2.24) is 15.2 Å². The van der Waals surface area contributed by atoms with Crippen molar-refractivity contribution in [2.24, 2.45) is 11.8 Å². The molecule has 7 heteroatoms. The van der Waals surface area contributed by atoms with E-state index in [4.69, 9.17) is 5.11 Å². The molecule has 1 heterocycles. The Morgan fingerprint density at radius 3 is 2.65 bits per heavy atom. The van der Waals surface area contributed by atoms with Crippen LogP contribution >= 0.6 is 0 Å². The molecule has 3 N–H and O–H groups in total. The highest BCUT2D eigenvalue weighted by atomic mass is 16.4. The van der Waals surface area contributed by atoms with Gasteiger partial charge in [0.15, 0.2) is 0 Å². The summed E-state index contributed by atoms with van der Waals surface area (Å²) in [6.07, 6.45) is 1.55. The Balaban J connectivity index is 1.91. The molecule has 1 aromatic rings. The van der Waals surface area contributed by atoms with Crippen molar-refractivity contribution in [2.45, 2.75) is 26.2 Å². The standard InChI is InChI=1S/C10H14N4O3/c1-5-11-10(14-13-5)12-8(15)6-2-3-7(4-6)9(16)17/h6-7H,2-4H2,1H3,(H,16,17)(H2,11,12,13,14,15)/t6-,7+/m1/s1. The lowest BCUT2D eigenvalue weighted by molar-refractivity contribution is -0.141. The zero-order valence-electron chi connectivity index (χ0n) is 9.43. The van der Waals surface area contributed by atoms with E-state index >= 15 is 0 Å². The van der Waals surface area contributed by atoms with E-state index in [0.29, 0.717) is 25.1 Å². The van der Waals surface area contributed by atoms with Crippen molar-refractivity contribution < 1.29 is 14.7 Å². The number of anilines is 1. The molecule has 0 aliphatic heterocycles. The number of nitrogens with one attached hydrogen (secondary N) is 2. The summed E-state index contributed by atoms with van der Waals surface area (Å²) in [6, 6.07) is 0. The molecule has 1 aliphatic rings. The van der Waals surface area contributed by atoms with Gasteiger partial charge in [0.2, 0.25) is 11.9 Å².